The van der Waals surface area contributed by atoms with Crippen LogP contribution < -0.4 is 10.1 Å². The Balaban J connectivity index is 1.47. The molecule has 0 bridgehead atoms. The molecule has 0 unspecified atom stereocenters. The van der Waals surface area contributed by atoms with Gasteiger partial charge in [-0.05, 0) is 60.9 Å². The van der Waals surface area contributed by atoms with Gasteiger partial charge in [0.1, 0.15) is 11.8 Å². The van der Waals surface area contributed by atoms with Gasteiger partial charge in [-0.15, -0.1) is 11.8 Å². The third-order valence-electron chi connectivity index (χ3n) is 5.64. The van der Waals surface area contributed by atoms with Crippen LogP contribution in [-0.2, 0) is 9.53 Å². The van der Waals surface area contributed by atoms with Gasteiger partial charge in [-0.2, -0.15) is 0 Å². The summed E-state index contributed by atoms with van der Waals surface area (Å²) in [6.45, 7) is 0.568. The van der Waals surface area contributed by atoms with E-state index < -0.39 is 6.04 Å². The number of ether oxygens (including phenoxy) is 2. The first kappa shape index (κ1) is 24.6. The number of esters is 1. The Labute approximate surface area is 202 Å². The van der Waals surface area contributed by atoms with E-state index in [1.54, 1.807) is 36.0 Å². The van der Waals surface area contributed by atoms with Crippen LogP contribution in [0.4, 0.5) is 0 Å². The molecule has 0 aromatic heterocycles. The molecule has 1 N–H and O–H groups in total. The zero-order chi connectivity index (χ0) is 22.8. The number of carbonyl (C=O) groups is 2. The zero-order valence-electron chi connectivity index (χ0n) is 18.3. The molecule has 1 aliphatic carbocycles. The van der Waals surface area contributed by atoms with E-state index >= 15 is 0 Å². The van der Waals surface area contributed by atoms with Crippen molar-refractivity contribution in [2.24, 2.45) is 5.92 Å². The van der Waals surface area contributed by atoms with E-state index in [1.807, 2.05) is 12.1 Å². The number of benzene rings is 2. The summed E-state index contributed by atoms with van der Waals surface area (Å²) in [6.07, 6.45) is 6.48. The number of halogens is 1. The Morgan fingerprint density at radius 2 is 1.75 bits per heavy atom. The molecule has 0 aliphatic heterocycles. The van der Waals surface area contributed by atoms with Gasteiger partial charge in [-0.25, -0.2) is 4.79 Å². The summed E-state index contributed by atoms with van der Waals surface area (Å²) in [5.74, 6) is 1.34. The second-order valence-corrected chi connectivity index (χ2v) is 10.0. The third kappa shape index (κ3) is 7.85. The molecular weight excluding hydrogens is 490 g/mol. The number of methoxy groups -OCH3 is 1. The van der Waals surface area contributed by atoms with Gasteiger partial charge in [0.05, 0.1) is 13.7 Å². The second-order valence-electron chi connectivity index (χ2n) is 7.96. The van der Waals surface area contributed by atoms with Crippen molar-refractivity contribution in [2.75, 3.05) is 19.5 Å². The van der Waals surface area contributed by atoms with Crippen molar-refractivity contribution in [1.82, 2.24) is 5.32 Å². The fourth-order valence-corrected chi connectivity index (χ4v) is 4.90. The van der Waals surface area contributed by atoms with Gasteiger partial charge < -0.3 is 14.8 Å². The van der Waals surface area contributed by atoms with Crippen molar-refractivity contribution < 1.29 is 19.1 Å². The van der Waals surface area contributed by atoms with Gasteiger partial charge in [-0.3, -0.25) is 4.79 Å². The third-order valence-corrected chi connectivity index (χ3v) is 7.14. The molecule has 3 rings (SSSR count). The first-order valence-electron chi connectivity index (χ1n) is 11.0. The van der Waals surface area contributed by atoms with Gasteiger partial charge in [0, 0.05) is 20.7 Å². The van der Waals surface area contributed by atoms with Crippen LogP contribution >= 0.6 is 27.7 Å². The number of hydrogen-bond donors (Lipinski definition) is 1. The molecule has 2 aromatic rings. The first-order valence-corrected chi connectivity index (χ1v) is 12.8. The highest BCUT2D eigenvalue weighted by Crippen LogP contribution is 2.28. The smallest absolute Gasteiger partial charge is 0.328 e. The Morgan fingerprint density at radius 3 is 2.41 bits per heavy atom. The average Bonchev–Trinajstić information content (AvgIpc) is 2.83. The second kappa shape index (κ2) is 12.9. The minimum Gasteiger partial charge on any atom is -0.493 e. The van der Waals surface area contributed by atoms with Gasteiger partial charge in [0.25, 0.3) is 5.91 Å². The molecule has 1 fully saturated rings. The number of hydrogen-bond acceptors (Lipinski definition) is 5. The average molecular weight is 520 g/mol. The lowest BCUT2D eigenvalue weighted by Crippen LogP contribution is -2.43. The molecule has 0 saturated heterocycles. The normalized spacial score (nSPS) is 15.1. The SMILES string of the molecule is COC(=O)[C@H](CC1CCCCC1)NC(=O)c1ccc(OCCSc2ccc(Br)cc2)cc1. The maximum absolute atomic E-state index is 12.7. The van der Waals surface area contributed by atoms with E-state index in [-0.39, 0.29) is 11.9 Å². The molecule has 0 radical (unpaired) electrons. The molecule has 1 saturated carbocycles. The lowest BCUT2D eigenvalue weighted by atomic mass is 9.85. The van der Waals surface area contributed by atoms with Crippen molar-refractivity contribution in [3.8, 4) is 5.75 Å². The summed E-state index contributed by atoms with van der Waals surface area (Å²) in [5.41, 5.74) is 0.499. The summed E-state index contributed by atoms with van der Waals surface area (Å²) in [4.78, 5) is 26.1. The molecule has 5 nitrogen and oxygen atoms in total. The zero-order valence-corrected chi connectivity index (χ0v) is 20.8. The molecule has 32 heavy (non-hydrogen) atoms. The Hall–Kier alpha value is -1.99. The summed E-state index contributed by atoms with van der Waals surface area (Å²) in [6, 6.07) is 14.6. The summed E-state index contributed by atoms with van der Waals surface area (Å²) >= 11 is 5.16. The van der Waals surface area contributed by atoms with E-state index in [9.17, 15) is 9.59 Å². The highest BCUT2D eigenvalue weighted by molar-refractivity contribution is 9.10. The highest BCUT2D eigenvalue weighted by atomic mass is 79.9. The first-order chi connectivity index (χ1) is 15.5. The fourth-order valence-electron chi connectivity index (χ4n) is 3.91. The number of amides is 1. The monoisotopic (exact) mass is 519 g/mol. The summed E-state index contributed by atoms with van der Waals surface area (Å²) < 4.78 is 11.8. The molecule has 2 aromatic carbocycles. The number of thioether (sulfide) groups is 1. The van der Waals surface area contributed by atoms with Crippen LogP contribution in [0.1, 0.15) is 48.9 Å². The van der Waals surface area contributed by atoms with Crippen LogP contribution in [0.15, 0.2) is 57.9 Å². The van der Waals surface area contributed by atoms with Crippen LogP contribution in [0.3, 0.4) is 0 Å². The topological polar surface area (TPSA) is 64.6 Å². The molecular formula is C25H30BrNO4S. The minimum absolute atomic E-state index is 0.270. The predicted molar refractivity (Wildman–Crippen MR) is 131 cm³/mol. The molecule has 1 aliphatic rings. The Kier molecular flexibility index (Phi) is 9.93. The van der Waals surface area contributed by atoms with E-state index in [0.29, 0.717) is 30.3 Å². The van der Waals surface area contributed by atoms with E-state index in [1.165, 1.54) is 31.3 Å². The molecule has 172 valence electrons. The molecule has 1 amide bonds. The van der Waals surface area contributed by atoms with Crippen molar-refractivity contribution >= 4 is 39.6 Å². The Bertz CT molecular complexity index is 867. The van der Waals surface area contributed by atoms with Crippen molar-refractivity contribution in [3.63, 3.8) is 0 Å². The van der Waals surface area contributed by atoms with Crippen LogP contribution in [0, 0.1) is 5.92 Å². The molecule has 1 atom stereocenters. The van der Waals surface area contributed by atoms with Crippen molar-refractivity contribution in [1.29, 1.82) is 0 Å². The highest BCUT2D eigenvalue weighted by Gasteiger charge is 2.26. The Morgan fingerprint density at radius 1 is 1.06 bits per heavy atom. The fraction of sp³-hybridized carbons (Fsp3) is 0.440. The minimum atomic E-state index is -0.609. The van der Waals surface area contributed by atoms with Crippen LogP contribution in [0.2, 0.25) is 0 Å². The van der Waals surface area contributed by atoms with Crippen molar-refractivity contribution in [2.45, 2.75) is 49.5 Å². The van der Waals surface area contributed by atoms with E-state index in [0.717, 1.165) is 23.1 Å². The van der Waals surface area contributed by atoms with Gasteiger partial charge in [0.15, 0.2) is 0 Å². The number of nitrogens with one attached hydrogen (secondary N) is 1. The van der Waals surface area contributed by atoms with Crippen LogP contribution in [-0.4, -0.2) is 37.4 Å². The van der Waals surface area contributed by atoms with Gasteiger partial charge in [0.2, 0.25) is 0 Å². The standard InChI is InChI=1S/C25H30BrNO4S/c1-30-25(29)23(17-18-5-3-2-4-6-18)27-24(28)19-7-11-21(12-8-19)31-15-16-32-22-13-9-20(26)10-14-22/h7-14,18,23H,2-6,15-17H2,1H3,(H,27,28)/t23-/m0/s1. The largest absolute Gasteiger partial charge is 0.493 e. The number of rotatable bonds is 10. The molecule has 0 heterocycles. The quantitative estimate of drug-likeness (QED) is 0.242. The van der Waals surface area contributed by atoms with Crippen LogP contribution in [0.25, 0.3) is 0 Å². The maximum atomic E-state index is 12.7. The molecule has 7 heteroatoms. The summed E-state index contributed by atoms with van der Waals surface area (Å²) in [7, 11) is 1.36. The van der Waals surface area contributed by atoms with Gasteiger partial charge in [-0.1, -0.05) is 48.0 Å². The lowest BCUT2D eigenvalue weighted by Gasteiger charge is -2.25. The van der Waals surface area contributed by atoms with Crippen molar-refractivity contribution in [3.05, 3.63) is 58.6 Å². The number of carbonyl (C=O) groups excluding carboxylic acids is 2. The van der Waals surface area contributed by atoms with Gasteiger partial charge >= 0.3 is 5.97 Å². The van der Waals surface area contributed by atoms with E-state index in [2.05, 4.69) is 33.4 Å². The van der Waals surface area contributed by atoms with Crippen LogP contribution in [0.5, 0.6) is 5.75 Å². The van der Waals surface area contributed by atoms with E-state index in [4.69, 9.17) is 9.47 Å². The maximum Gasteiger partial charge on any atom is 0.328 e. The lowest BCUT2D eigenvalue weighted by molar-refractivity contribution is -0.143. The molecule has 0 spiro atoms. The summed E-state index contributed by atoms with van der Waals surface area (Å²) in [5, 5.41) is 2.86. The predicted octanol–water partition coefficient (Wildman–Crippen LogP) is 5.86.